The van der Waals surface area contributed by atoms with Crippen molar-refractivity contribution in [3.05, 3.63) is 12.2 Å². The third-order valence-corrected chi connectivity index (χ3v) is 3.42. The lowest BCUT2D eigenvalue weighted by atomic mass is 9.78. The van der Waals surface area contributed by atoms with Crippen molar-refractivity contribution in [2.45, 2.75) is 32.6 Å². The van der Waals surface area contributed by atoms with Gasteiger partial charge >= 0.3 is 0 Å². The van der Waals surface area contributed by atoms with Gasteiger partial charge in [-0.1, -0.05) is 6.92 Å². The zero-order chi connectivity index (χ0) is 10.8. The maximum atomic E-state index is 11.4. The number of hydrogen-bond acceptors (Lipinski definition) is 3. The van der Waals surface area contributed by atoms with Crippen LogP contribution in [0.2, 0.25) is 0 Å². The molecule has 4 heteroatoms. The highest BCUT2D eigenvalue weighted by molar-refractivity contribution is 5.79. The van der Waals surface area contributed by atoms with Crippen LogP contribution in [0.4, 0.5) is 0 Å². The quantitative estimate of drug-likeness (QED) is 0.735. The van der Waals surface area contributed by atoms with Gasteiger partial charge in [0.15, 0.2) is 0 Å². The van der Waals surface area contributed by atoms with E-state index in [0.29, 0.717) is 24.0 Å². The molecule has 82 valence electrons. The number of carbonyl (C=O) groups excluding carboxylic acids is 1. The standard InChI is InChI=1S/C11H17N3O/c1-8-3-4-10(15)5-9(8)6-11-12-7-13-14(11)2/h7-9H,3-6H2,1-2H3. The van der Waals surface area contributed by atoms with E-state index in [-0.39, 0.29) is 0 Å². The highest BCUT2D eigenvalue weighted by Crippen LogP contribution is 2.29. The van der Waals surface area contributed by atoms with E-state index in [2.05, 4.69) is 17.0 Å². The molecule has 1 aliphatic carbocycles. The van der Waals surface area contributed by atoms with E-state index in [9.17, 15) is 4.79 Å². The van der Waals surface area contributed by atoms with E-state index in [1.54, 1.807) is 11.0 Å². The molecule has 4 nitrogen and oxygen atoms in total. The summed E-state index contributed by atoms with van der Waals surface area (Å²) in [5.41, 5.74) is 0. The number of hydrogen-bond donors (Lipinski definition) is 0. The van der Waals surface area contributed by atoms with E-state index in [1.807, 2.05) is 7.05 Å². The number of ketones is 1. The van der Waals surface area contributed by atoms with Crippen LogP contribution in [0, 0.1) is 11.8 Å². The molecule has 0 N–H and O–H groups in total. The minimum absolute atomic E-state index is 0.403. The van der Waals surface area contributed by atoms with Gasteiger partial charge in [0.1, 0.15) is 17.9 Å². The van der Waals surface area contributed by atoms with Gasteiger partial charge < -0.3 is 0 Å². The van der Waals surface area contributed by atoms with Crippen LogP contribution in [-0.4, -0.2) is 20.5 Å². The van der Waals surface area contributed by atoms with Gasteiger partial charge in [0.2, 0.25) is 0 Å². The molecule has 2 rings (SSSR count). The van der Waals surface area contributed by atoms with Gasteiger partial charge in [0.25, 0.3) is 0 Å². The molecule has 1 aromatic rings. The second-order valence-corrected chi connectivity index (χ2v) is 4.52. The molecule has 1 aliphatic rings. The molecule has 0 spiro atoms. The number of rotatable bonds is 2. The molecule has 2 atom stereocenters. The number of carbonyl (C=O) groups is 1. The van der Waals surface area contributed by atoms with Gasteiger partial charge in [-0.15, -0.1) is 0 Å². The fourth-order valence-electron chi connectivity index (χ4n) is 2.23. The third-order valence-electron chi connectivity index (χ3n) is 3.42. The van der Waals surface area contributed by atoms with Crippen molar-refractivity contribution in [1.29, 1.82) is 0 Å². The van der Waals surface area contributed by atoms with E-state index in [0.717, 1.165) is 25.1 Å². The van der Waals surface area contributed by atoms with Gasteiger partial charge in [-0.2, -0.15) is 5.10 Å². The van der Waals surface area contributed by atoms with Gasteiger partial charge in [-0.3, -0.25) is 9.48 Å². The van der Waals surface area contributed by atoms with Crippen LogP contribution in [0.15, 0.2) is 6.33 Å². The predicted octanol–water partition coefficient (Wildman–Crippen LogP) is 1.36. The van der Waals surface area contributed by atoms with E-state index in [1.165, 1.54) is 0 Å². The molecule has 1 fully saturated rings. The number of Topliss-reactive ketones (excluding diaryl/α,β-unsaturated/α-hetero) is 1. The van der Waals surface area contributed by atoms with Crippen molar-refractivity contribution >= 4 is 5.78 Å². The van der Waals surface area contributed by atoms with E-state index < -0.39 is 0 Å². The highest BCUT2D eigenvalue weighted by atomic mass is 16.1. The average molecular weight is 207 g/mol. The predicted molar refractivity (Wildman–Crippen MR) is 56.2 cm³/mol. The lowest BCUT2D eigenvalue weighted by molar-refractivity contribution is -0.122. The molecule has 0 aliphatic heterocycles. The fraction of sp³-hybridized carbons (Fsp3) is 0.727. The van der Waals surface area contributed by atoms with Crippen LogP contribution in [-0.2, 0) is 18.3 Å². The van der Waals surface area contributed by atoms with Crippen LogP contribution in [0.5, 0.6) is 0 Å². The average Bonchev–Trinajstić information content (AvgIpc) is 2.58. The van der Waals surface area contributed by atoms with Gasteiger partial charge in [0, 0.05) is 26.3 Å². The molecule has 0 radical (unpaired) electrons. The van der Waals surface area contributed by atoms with Gasteiger partial charge in [-0.25, -0.2) is 4.98 Å². The molecule has 0 bridgehead atoms. The summed E-state index contributed by atoms with van der Waals surface area (Å²) in [5, 5.41) is 4.05. The summed E-state index contributed by atoms with van der Waals surface area (Å²) in [6.45, 7) is 2.23. The van der Waals surface area contributed by atoms with Crippen LogP contribution >= 0.6 is 0 Å². The van der Waals surface area contributed by atoms with E-state index in [4.69, 9.17) is 0 Å². The molecule has 2 unspecified atom stereocenters. The van der Waals surface area contributed by atoms with Crippen molar-refractivity contribution in [2.75, 3.05) is 0 Å². The maximum Gasteiger partial charge on any atom is 0.138 e. The summed E-state index contributed by atoms with van der Waals surface area (Å²) in [5.74, 6) is 2.47. The molecule has 1 heterocycles. The first-order chi connectivity index (χ1) is 7.16. The maximum absolute atomic E-state index is 11.4. The van der Waals surface area contributed by atoms with Crippen molar-refractivity contribution in [1.82, 2.24) is 14.8 Å². The zero-order valence-electron chi connectivity index (χ0n) is 9.31. The Balaban J connectivity index is 2.04. The summed E-state index contributed by atoms with van der Waals surface area (Å²) >= 11 is 0. The zero-order valence-corrected chi connectivity index (χ0v) is 9.31. The summed E-state index contributed by atoms with van der Waals surface area (Å²) in [6, 6.07) is 0. The molecule has 0 aromatic carbocycles. The fourth-order valence-corrected chi connectivity index (χ4v) is 2.23. The molecule has 0 saturated heterocycles. The Morgan fingerprint density at radius 1 is 1.60 bits per heavy atom. The van der Waals surface area contributed by atoms with Crippen molar-refractivity contribution < 1.29 is 4.79 Å². The monoisotopic (exact) mass is 207 g/mol. The molecule has 15 heavy (non-hydrogen) atoms. The first kappa shape index (κ1) is 10.3. The van der Waals surface area contributed by atoms with Gasteiger partial charge in [0.05, 0.1) is 0 Å². The largest absolute Gasteiger partial charge is 0.300 e. The Labute approximate surface area is 89.7 Å². The van der Waals surface area contributed by atoms with Crippen LogP contribution < -0.4 is 0 Å². The second kappa shape index (κ2) is 4.13. The second-order valence-electron chi connectivity index (χ2n) is 4.52. The first-order valence-corrected chi connectivity index (χ1v) is 5.51. The minimum Gasteiger partial charge on any atom is -0.300 e. The normalized spacial score (nSPS) is 26.9. The Hall–Kier alpha value is -1.19. The molecular weight excluding hydrogens is 190 g/mol. The lowest BCUT2D eigenvalue weighted by Crippen LogP contribution is -2.25. The molecule has 0 amide bonds. The summed E-state index contributed by atoms with van der Waals surface area (Å²) in [4.78, 5) is 15.6. The Morgan fingerprint density at radius 2 is 2.40 bits per heavy atom. The minimum atomic E-state index is 0.403. The Morgan fingerprint density at radius 3 is 3.07 bits per heavy atom. The van der Waals surface area contributed by atoms with Gasteiger partial charge in [-0.05, 0) is 18.3 Å². The molecule has 1 aromatic heterocycles. The topological polar surface area (TPSA) is 47.8 Å². The summed E-state index contributed by atoms with van der Waals surface area (Å²) in [7, 11) is 1.90. The Bertz CT molecular complexity index is 358. The first-order valence-electron chi connectivity index (χ1n) is 5.51. The van der Waals surface area contributed by atoms with Crippen molar-refractivity contribution in [2.24, 2.45) is 18.9 Å². The Kier molecular flexibility index (Phi) is 2.84. The van der Waals surface area contributed by atoms with Crippen molar-refractivity contribution in [3.63, 3.8) is 0 Å². The van der Waals surface area contributed by atoms with Crippen LogP contribution in [0.3, 0.4) is 0 Å². The SMILES string of the molecule is CC1CCC(=O)CC1Cc1ncnn1C. The van der Waals surface area contributed by atoms with Crippen LogP contribution in [0.25, 0.3) is 0 Å². The third kappa shape index (κ3) is 2.25. The summed E-state index contributed by atoms with van der Waals surface area (Å²) in [6.07, 6.45) is 4.96. The number of aryl methyl sites for hydroxylation is 1. The van der Waals surface area contributed by atoms with Crippen molar-refractivity contribution in [3.8, 4) is 0 Å². The number of aromatic nitrogens is 3. The smallest absolute Gasteiger partial charge is 0.138 e. The summed E-state index contributed by atoms with van der Waals surface area (Å²) < 4.78 is 1.80. The molecule has 1 saturated carbocycles. The molecular formula is C11H17N3O. The highest BCUT2D eigenvalue weighted by Gasteiger charge is 2.27. The van der Waals surface area contributed by atoms with Crippen LogP contribution in [0.1, 0.15) is 32.0 Å². The van der Waals surface area contributed by atoms with E-state index >= 15 is 0 Å². The lowest BCUT2D eigenvalue weighted by Gasteiger charge is -2.27. The number of nitrogens with zero attached hydrogens (tertiary/aromatic N) is 3.